The lowest BCUT2D eigenvalue weighted by Crippen LogP contribution is -2.32. The minimum absolute atomic E-state index is 0.363. The van der Waals surface area contributed by atoms with E-state index in [2.05, 4.69) is 19.8 Å². The zero-order valence-electron chi connectivity index (χ0n) is 6.36. The van der Waals surface area contributed by atoms with Gasteiger partial charge < -0.3 is 4.90 Å². The number of hydrogen-bond donors (Lipinski definition) is 0. The summed E-state index contributed by atoms with van der Waals surface area (Å²) in [6.45, 7) is 1.94. The van der Waals surface area contributed by atoms with Gasteiger partial charge >= 0.3 is 0 Å². The Morgan fingerprint density at radius 2 is 2.08 bits per heavy atom. The SMILES string of the molecule is Clc1nonc1N1CCSCC1. The first-order valence-corrected chi connectivity index (χ1v) is 5.22. The van der Waals surface area contributed by atoms with E-state index >= 15 is 0 Å². The highest BCUT2D eigenvalue weighted by Crippen LogP contribution is 2.23. The second-order valence-electron chi connectivity index (χ2n) is 2.48. The normalized spacial score (nSPS) is 18.2. The molecule has 66 valence electrons. The second kappa shape index (κ2) is 3.53. The molecule has 0 unspecified atom stereocenters. The third-order valence-corrected chi connectivity index (χ3v) is 2.92. The Morgan fingerprint density at radius 3 is 2.67 bits per heavy atom. The highest BCUT2D eigenvalue weighted by Gasteiger charge is 2.18. The molecule has 1 aliphatic heterocycles. The minimum atomic E-state index is 0.363. The molecule has 0 amide bonds. The molecule has 4 nitrogen and oxygen atoms in total. The monoisotopic (exact) mass is 205 g/mol. The van der Waals surface area contributed by atoms with Crippen LogP contribution >= 0.6 is 23.4 Å². The van der Waals surface area contributed by atoms with Gasteiger partial charge in [-0.2, -0.15) is 11.8 Å². The molecule has 0 N–H and O–H groups in total. The fraction of sp³-hybridized carbons (Fsp3) is 0.667. The number of thioether (sulfide) groups is 1. The van der Waals surface area contributed by atoms with E-state index in [9.17, 15) is 0 Å². The highest BCUT2D eigenvalue weighted by atomic mass is 35.5. The van der Waals surface area contributed by atoms with Crippen LogP contribution in [0.3, 0.4) is 0 Å². The largest absolute Gasteiger partial charge is 0.349 e. The molecule has 0 bridgehead atoms. The van der Waals surface area contributed by atoms with Crippen LogP contribution in [0.4, 0.5) is 5.82 Å². The third kappa shape index (κ3) is 1.51. The van der Waals surface area contributed by atoms with Crippen molar-refractivity contribution in [1.82, 2.24) is 10.3 Å². The summed E-state index contributed by atoms with van der Waals surface area (Å²) >= 11 is 7.70. The minimum Gasteiger partial charge on any atom is -0.349 e. The Hall–Kier alpha value is -0.420. The molecule has 1 aromatic rings. The highest BCUT2D eigenvalue weighted by molar-refractivity contribution is 7.99. The molecule has 6 heteroatoms. The van der Waals surface area contributed by atoms with Gasteiger partial charge in [0.05, 0.1) is 0 Å². The van der Waals surface area contributed by atoms with Crippen molar-refractivity contribution in [3.8, 4) is 0 Å². The predicted octanol–water partition coefficient (Wildman–Crippen LogP) is 1.28. The van der Waals surface area contributed by atoms with Crippen LogP contribution in [0.15, 0.2) is 4.63 Å². The molecule has 2 rings (SSSR count). The summed E-state index contributed by atoms with van der Waals surface area (Å²) in [4.78, 5) is 2.09. The fourth-order valence-electron chi connectivity index (χ4n) is 1.14. The van der Waals surface area contributed by atoms with E-state index < -0.39 is 0 Å². The molecule has 0 aromatic carbocycles. The summed E-state index contributed by atoms with van der Waals surface area (Å²) in [6, 6.07) is 0. The van der Waals surface area contributed by atoms with E-state index in [-0.39, 0.29) is 0 Å². The van der Waals surface area contributed by atoms with Crippen molar-refractivity contribution in [2.24, 2.45) is 0 Å². The predicted molar refractivity (Wildman–Crippen MR) is 48.8 cm³/mol. The summed E-state index contributed by atoms with van der Waals surface area (Å²) in [5.74, 6) is 2.91. The van der Waals surface area contributed by atoms with Crippen molar-refractivity contribution in [3.05, 3.63) is 5.15 Å². The quantitative estimate of drug-likeness (QED) is 0.691. The molecule has 1 fully saturated rings. The summed E-state index contributed by atoms with van der Waals surface area (Å²) in [6.07, 6.45) is 0. The first-order valence-electron chi connectivity index (χ1n) is 3.68. The van der Waals surface area contributed by atoms with E-state index in [0.29, 0.717) is 11.0 Å². The average Bonchev–Trinajstić information content (AvgIpc) is 2.53. The van der Waals surface area contributed by atoms with Crippen LogP contribution in [-0.4, -0.2) is 34.9 Å². The number of hydrogen-bond acceptors (Lipinski definition) is 5. The molecule has 1 saturated heterocycles. The van der Waals surface area contributed by atoms with Crippen molar-refractivity contribution in [2.75, 3.05) is 29.5 Å². The van der Waals surface area contributed by atoms with E-state index in [1.165, 1.54) is 0 Å². The van der Waals surface area contributed by atoms with Crippen LogP contribution in [0, 0.1) is 0 Å². The zero-order chi connectivity index (χ0) is 8.39. The maximum absolute atomic E-state index is 5.76. The lowest BCUT2D eigenvalue weighted by Gasteiger charge is -2.25. The maximum atomic E-state index is 5.76. The van der Waals surface area contributed by atoms with Crippen LogP contribution in [-0.2, 0) is 0 Å². The molecule has 0 saturated carbocycles. The molecule has 1 aliphatic rings. The number of rotatable bonds is 1. The van der Waals surface area contributed by atoms with Gasteiger partial charge in [0, 0.05) is 24.6 Å². The molecular weight excluding hydrogens is 198 g/mol. The Morgan fingerprint density at radius 1 is 1.33 bits per heavy atom. The fourth-order valence-corrected chi connectivity index (χ4v) is 2.22. The van der Waals surface area contributed by atoms with E-state index in [1.54, 1.807) is 0 Å². The molecular formula is C6H8ClN3OS. The number of halogens is 1. The Kier molecular flexibility index (Phi) is 2.41. The Balaban J connectivity index is 2.13. The summed E-state index contributed by atoms with van der Waals surface area (Å²) in [7, 11) is 0. The van der Waals surface area contributed by atoms with Gasteiger partial charge in [0.25, 0.3) is 0 Å². The summed E-state index contributed by atoms with van der Waals surface area (Å²) in [5, 5.41) is 7.62. The molecule has 0 atom stereocenters. The lowest BCUT2D eigenvalue weighted by atomic mass is 10.5. The van der Waals surface area contributed by atoms with Crippen LogP contribution < -0.4 is 4.90 Å². The van der Waals surface area contributed by atoms with Gasteiger partial charge in [-0.05, 0) is 10.3 Å². The standard InChI is InChI=1S/C6H8ClN3OS/c7-5-6(9-11-8-5)10-1-3-12-4-2-10/h1-4H2. The van der Waals surface area contributed by atoms with Crippen molar-refractivity contribution in [1.29, 1.82) is 0 Å². The maximum Gasteiger partial charge on any atom is 0.217 e. The van der Waals surface area contributed by atoms with Gasteiger partial charge in [0.1, 0.15) is 0 Å². The molecule has 0 spiro atoms. The zero-order valence-corrected chi connectivity index (χ0v) is 7.94. The van der Waals surface area contributed by atoms with Crippen molar-refractivity contribution in [2.45, 2.75) is 0 Å². The van der Waals surface area contributed by atoms with Gasteiger partial charge in [-0.1, -0.05) is 11.6 Å². The summed E-state index contributed by atoms with van der Waals surface area (Å²) in [5.41, 5.74) is 0. The molecule has 2 heterocycles. The van der Waals surface area contributed by atoms with Crippen LogP contribution in [0.2, 0.25) is 5.15 Å². The van der Waals surface area contributed by atoms with Gasteiger partial charge in [-0.3, -0.25) is 0 Å². The van der Waals surface area contributed by atoms with Crippen molar-refractivity contribution >= 4 is 29.2 Å². The van der Waals surface area contributed by atoms with Gasteiger partial charge in [-0.15, -0.1) is 0 Å². The topological polar surface area (TPSA) is 42.2 Å². The first-order chi connectivity index (χ1) is 5.88. The van der Waals surface area contributed by atoms with Crippen molar-refractivity contribution < 1.29 is 4.63 Å². The Labute approximate surface area is 79.2 Å². The number of aromatic nitrogens is 2. The van der Waals surface area contributed by atoms with E-state index in [1.807, 2.05) is 11.8 Å². The Bertz CT molecular complexity index is 261. The van der Waals surface area contributed by atoms with Crippen LogP contribution in [0.25, 0.3) is 0 Å². The third-order valence-electron chi connectivity index (χ3n) is 1.74. The number of anilines is 1. The number of nitrogens with zero attached hydrogens (tertiary/aromatic N) is 3. The van der Waals surface area contributed by atoms with Gasteiger partial charge in [-0.25, -0.2) is 4.63 Å². The molecule has 0 radical (unpaired) electrons. The molecule has 12 heavy (non-hydrogen) atoms. The van der Waals surface area contributed by atoms with E-state index in [4.69, 9.17) is 11.6 Å². The second-order valence-corrected chi connectivity index (χ2v) is 4.06. The van der Waals surface area contributed by atoms with Crippen LogP contribution in [0.1, 0.15) is 0 Å². The summed E-state index contributed by atoms with van der Waals surface area (Å²) < 4.78 is 4.52. The van der Waals surface area contributed by atoms with Crippen LogP contribution in [0.5, 0.6) is 0 Å². The molecule has 1 aromatic heterocycles. The van der Waals surface area contributed by atoms with Crippen molar-refractivity contribution in [3.63, 3.8) is 0 Å². The lowest BCUT2D eigenvalue weighted by molar-refractivity contribution is 0.307. The van der Waals surface area contributed by atoms with Gasteiger partial charge in [0.2, 0.25) is 11.0 Å². The first kappa shape index (κ1) is 8.19. The smallest absolute Gasteiger partial charge is 0.217 e. The van der Waals surface area contributed by atoms with Gasteiger partial charge in [0.15, 0.2) is 0 Å². The molecule has 0 aliphatic carbocycles. The average molecular weight is 206 g/mol. The van der Waals surface area contributed by atoms with E-state index in [0.717, 1.165) is 24.6 Å².